The van der Waals surface area contributed by atoms with Gasteiger partial charge in [-0.1, -0.05) is 40.2 Å². The highest BCUT2D eigenvalue weighted by Gasteiger charge is 2.20. The molecule has 0 amide bonds. The van der Waals surface area contributed by atoms with E-state index in [-0.39, 0.29) is 5.82 Å². The minimum atomic E-state index is -0.308. The fourth-order valence-electron chi connectivity index (χ4n) is 2.81. The van der Waals surface area contributed by atoms with Gasteiger partial charge in [-0.05, 0) is 48.6 Å². The Hall–Kier alpha value is -1.35. The molecule has 2 aromatic rings. The van der Waals surface area contributed by atoms with Gasteiger partial charge in [-0.15, -0.1) is 0 Å². The van der Waals surface area contributed by atoms with Crippen LogP contribution < -0.4 is 4.74 Å². The summed E-state index contributed by atoms with van der Waals surface area (Å²) in [6, 6.07) is 13.3. The SMILES string of the molecule is Fc1ccc(Br)cc1OCC1CCCc2ccccc21. The fraction of sp³-hybridized carbons (Fsp3) is 0.294. The van der Waals surface area contributed by atoms with E-state index in [2.05, 4.69) is 40.2 Å². The van der Waals surface area contributed by atoms with Gasteiger partial charge >= 0.3 is 0 Å². The summed E-state index contributed by atoms with van der Waals surface area (Å²) in [4.78, 5) is 0. The van der Waals surface area contributed by atoms with Gasteiger partial charge in [0, 0.05) is 10.4 Å². The molecule has 0 spiro atoms. The summed E-state index contributed by atoms with van der Waals surface area (Å²) in [5, 5.41) is 0. The molecule has 20 heavy (non-hydrogen) atoms. The molecule has 1 aliphatic carbocycles. The van der Waals surface area contributed by atoms with Crippen molar-refractivity contribution in [1.29, 1.82) is 0 Å². The van der Waals surface area contributed by atoms with Crippen molar-refractivity contribution in [2.75, 3.05) is 6.61 Å². The first kappa shape index (κ1) is 13.6. The van der Waals surface area contributed by atoms with E-state index in [0.717, 1.165) is 17.3 Å². The third-order valence-electron chi connectivity index (χ3n) is 3.83. The molecule has 1 nitrogen and oxygen atoms in total. The van der Waals surface area contributed by atoms with Gasteiger partial charge in [-0.25, -0.2) is 4.39 Å². The van der Waals surface area contributed by atoms with E-state index in [1.54, 1.807) is 12.1 Å². The number of fused-ring (bicyclic) bond motifs is 1. The van der Waals surface area contributed by atoms with Crippen LogP contribution in [0.3, 0.4) is 0 Å². The smallest absolute Gasteiger partial charge is 0.165 e. The molecule has 104 valence electrons. The van der Waals surface area contributed by atoms with Gasteiger partial charge in [0.2, 0.25) is 0 Å². The van der Waals surface area contributed by atoms with Crippen molar-refractivity contribution in [2.24, 2.45) is 0 Å². The maximum absolute atomic E-state index is 13.7. The van der Waals surface area contributed by atoms with E-state index in [1.807, 2.05) is 0 Å². The Labute approximate surface area is 126 Å². The predicted octanol–water partition coefficient (Wildman–Crippen LogP) is 5.09. The van der Waals surface area contributed by atoms with E-state index in [4.69, 9.17) is 4.74 Å². The first-order valence-electron chi connectivity index (χ1n) is 6.89. The van der Waals surface area contributed by atoms with Crippen LogP contribution in [0.1, 0.15) is 29.9 Å². The molecule has 1 unspecified atom stereocenters. The van der Waals surface area contributed by atoms with Gasteiger partial charge in [-0.2, -0.15) is 0 Å². The minimum absolute atomic E-state index is 0.308. The Balaban J connectivity index is 1.75. The molecule has 0 aliphatic heterocycles. The second-order valence-electron chi connectivity index (χ2n) is 5.17. The van der Waals surface area contributed by atoms with Crippen LogP contribution in [-0.4, -0.2) is 6.61 Å². The zero-order valence-corrected chi connectivity index (χ0v) is 12.7. The fourth-order valence-corrected chi connectivity index (χ4v) is 3.15. The Morgan fingerprint density at radius 2 is 2.05 bits per heavy atom. The highest BCUT2D eigenvalue weighted by molar-refractivity contribution is 9.10. The molecule has 1 atom stereocenters. The molecule has 0 radical (unpaired) electrons. The Morgan fingerprint density at radius 3 is 2.95 bits per heavy atom. The van der Waals surface area contributed by atoms with E-state index >= 15 is 0 Å². The number of halogens is 2. The lowest BCUT2D eigenvalue weighted by atomic mass is 9.83. The maximum atomic E-state index is 13.7. The lowest BCUT2D eigenvalue weighted by Crippen LogP contribution is -2.16. The molecule has 0 bridgehead atoms. The third-order valence-corrected chi connectivity index (χ3v) is 4.32. The second kappa shape index (κ2) is 5.96. The standard InChI is InChI=1S/C17H16BrFO/c18-14-8-9-16(19)17(10-14)20-11-13-6-3-5-12-4-1-2-7-15(12)13/h1-2,4,7-10,13H,3,5-6,11H2. The quantitative estimate of drug-likeness (QED) is 0.759. The predicted molar refractivity (Wildman–Crippen MR) is 81.7 cm³/mol. The van der Waals surface area contributed by atoms with Crippen LogP contribution in [0.2, 0.25) is 0 Å². The monoisotopic (exact) mass is 334 g/mol. The van der Waals surface area contributed by atoms with Gasteiger partial charge in [-0.3, -0.25) is 0 Å². The van der Waals surface area contributed by atoms with Gasteiger partial charge in [0.15, 0.2) is 11.6 Å². The molecule has 0 saturated heterocycles. The van der Waals surface area contributed by atoms with Crippen molar-refractivity contribution in [3.8, 4) is 5.75 Å². The highest BCUT2D eigenvalue weighted by atomic mass is 79.9. The van der Waals surface area contributed by atoms with Crippen LogP contribution in [0.4, 0.5) is 4.39 Å². The summed E-state index contributed by atoms with van der Waals surface area (Å²) in [7, 11) is 0. The van der Waals surface area contributed by atoms with Crippen LogP contribution in [0.15, 0.2) is 46.9 Å². The van der Waals surface area contributed by atoms with Crippen LogP contribution in [0, 0.1) is 5.82 Å². The third kappa shape index (κ3) is 2.88. The Kier molecular flexibility index (Phi) is 4.06. The minimum Gasteiger partial charge on any atom is -0.490 e. The summed E-state index contributed by atoms with van der Waals surface area (Å²) in [5.41, 5.74) is 2.76. The zero-order valence-electron chi connectivity index (χ0n) is 11.1. The molecule has 0 heterocycles. The molecule has 3 heteroatoms. The normalized spacial score (nSPS) is 17.6. The number of aryl methyl sites for hydroxylation is 1. The average molecular weight is 335 g/mol. The van der Waals surface area contributed by atoms with Gasteiger partial charge < -0.3 is 4.74 Å². The molecule has 3 rings (SSSR count). The van der Waals surface area contributed by atoms with Crippen LogP contribution in [0.5, 0.6) is 5.75 Å². The molecule has 0 fully saturated rings. The number of hydrogen-bond donors (Lipinski definition) is 0. The molecule has 0 aromatic heterocycles. The molecule has 0 N–H and O–H groups in total. The zero-order chi connectivity index (χ0) is 13.9. The van der Waals surface area contributed by atoms with E-state index in [0.29, 0.717) is 18.3 Å². The van der Waals surface area contributed by atoms with Crippen LogP contribution in [-0.2, 0) is 6.42 Å². The number of hydrogen-bond acceptors (Lipinski definition) is 1. The van der Waals surface area contributed by atoms with Crippen molar-refractivity contribution in [3.05, 3.63) is 63.9 Å². The Morgan fingerprint density at radius 1 is 1.20 bits per heavy atom. The van der Waals surface area contributed by atoms with E-state index < -0.39 is 0 Å². The largest absolute Gasteiger partial charge is 0.490 e. The van der Waals surface area contributed by atoms with Crippen molar-refractivity contribution >= 4 is 15.9 Å². The molecule has 0 saturated carbocycles. The lowest BCUT2D eigenvalue weighted by molar-refractivity contribution is 0.263. The molecule has 1 aliphatic rings. The number of ether oxygens (including phenoxy) is 1. The second-order valence-corrected chi connectivity index (χ2v) is 6.09. The van der Waals surface area contributed by atoms with Crippen molar-refractivity contribution < 1.29 is 9.13 Å². The maximum Gasteiger partial charge on any atom is 0.165 e. The van der Waals surface area contributed by atoms with Gasteiger partial charge in [0.25, 0.3) is 0 Å². The number of benzene rings is 2. The van der Waals surface area contributed by atoms with E-state index in [9.17, 15) is 4.39 Å². The average Bonchev–Trinajstić information content (AvgIpc) is 2.48. The highest BCUT2D eigenvalue weighted by Crippen LogP contribution is 2.32. The summed E-state index contributed by atoms with van der Waals surface area (Å²) in [6.07, 6.45) is 3.41. The first-order chi connectivity index (χ1) is 9.74. The molecular formula is C17H16BrFO. The molecule has 2 aromatic carbocycles. The first-order valence-corrected chi connectivity index (χ1v) is 7.69. The van der Waals surface area contributed by atoms with Crippen LogP contribution in [0.25, 0.3) is 0 Å². The summed E-state index contributed by atoms with van der Waals surface area (Å²) in [5.74, 6) is 0.373. The van der Waals surface area contributed by atoms with Crippen molar-refractivity contribution in [3.63, 3.8) is 0 Å². The van der Waals surface area contributed by atoms with Gasteiger partial charge in [0.05, 0.1) is 6.61 Å². The summed E-state index contributed by atoms with van der Waals surface area (Å²) in [6.45, 7) is 0.532. The summed E-state index contributed by atoms with van der Waals surface area (Å²) < 4.78 is 20.2. The van der Waals surface area contributed by atoms with Gasteiger partial charge in [0.1, 0.15) is 0 Å². The number of rotatable bonds is 3. The lowest BCUT2D eigenvalue weighted by Gasteiger charge is -2.25. The summed E-state index contributed by atoms with van der Waals surface area (Å²) >= 11 is 3.34. The van der Waals surface area contributed by atoms with E-state index in [1.165, 1.54) is 23.6 Å². The molecular weight excluding hydrogens is 319 g/mol. The van der Waals surface area contributed by atoms with Crippen molar-refractivity contribution in [2.45, 2.75) is 25.2 Å². The topological polar surface area (TPSA) is 9.23 Å². The van der Waals surface area contributed by atoms with Crippen LogP contribution >= 0.6 is 15.9 Å². The Bertz CT molecular complexity index is 612. The van der Waals surface area contributed by atoms with Crippen molar-refractivity contribution in [1.82, 2.24) is 0 Å².